The third-order valence-corrected chi connectivity index (χ3v) is 4.77. The SMILES string of the molecule is COc1cc(NC2CN3CCC2CC3)c(OC)cc1Cl. The van der Waals surface area contributed by atoms with Gasteiger partial charge in [0.2, 0.25) is 0 Å². The molecule has 110 valence electrons. The largest absolute Gasteiger partial charge is 0.495 e. The van der Waals surface area contributed by atoms with Crippen LogP contribution in [0.3, 0.4) is 0 Å². The summed E-state index contributed by atoms with van der Waals surface area (Å²) in [6, 6.07) is 4.22. The Kier molecular flexibility index (Phi) is 3.94. The standard InChI is InChI=1S/C15H21ClN2O2/c1-19-14-8-12(15(20-2)7-11(14)16)17-13-9-18-5-3-10(13)4-6-18/h7-8,10,13,17H,3-6,9H2,1-2H3. The minimum Gasteiger partial charge on any atom is -0.495 e. The van der Waals surface area contributed by atoms with Crippen molar-refractivity contribution in [3.63, 3.8) is 0 Å². The number of ether oxygens (including phenoxy) is 2. The first-order chi connectivity index (χ1) is 9.71. The average Bonchev–Trinajstić information content (AvgIpc) is 2.50. The molecule has 0 amide bonds. The lowest BCUT2D eigenvalue weighted by atomic mass is 9.84. The van der Waals surface area contributed by atoms with Crippen molar-refractivity contribution in [1.82, 2.24) is 4.90 Å². The Morgan fingerprint density at radius 2 is 1.85 bits per heavy atom. The minimum absolute atomic E-state index is 0.484. The van der Waals surface area contributed by atoms with Gasteiger partial charge < -0.3 is 19.7 Å². The number of anilines is 1. The van der Waals surface area contributed by atoms with Crippen LogP contribution in [0.5, 0.6) is 11.5 Å². The first-order valence-electron chi connectivity index (χ1n) is 7.11. The summed E-state index contributed by atoms with van der Waals surface area (Å²) in [5.74, 6) is 2.20. The zero-order chi connectivity index (χ0) is 14.1. The lowest BCUT2D eigenvalue weighted by Gasteiger charge is -2.45. The molecule has 0 aromatic heterocycles. The first-order valence-corrected chi connectivity index (χ1v) is 7.49. The first kappa shape index (κ1) is 13.8. The third-order valence-electron chi connectivity index (χ3n) is 4.47. The Labute approximate surface area is 125 Å². The molecular weight excluding hydrogens is 276 g/mol. The van der Waals surface area contributed by atoms with Crippen molar-refractivity contribution in [3.05, 3.63) is 17.2 Å². The van der Waals surface area contributed by atoms with Gasteiger partial charge in [0, 0.05) is 24.7 Å². The fraction of sp³-hybridized carbons (Fsp3) is 0.600. The van der Waals surface area contributed by atoms with E-state index in [0.717, 1.165) is 23.9 Å². The van der Waals surface area contributed by atoms with Crippen LogP contribution in [0.2, 0.25) is 5.02 Å². The number of piperidine rings is 3. The molecule has 1 N–H and O–H groups in total. The molecule has 3 saturated heterocycles. The number of hydrogen-bond donors (Lipinski definition) is 1. The van der Waals surface area contributed by atoms with Gasteiger partial charge in [-0.3, -0.25) is 0 Å². The summed E-state index contributed by atoms with van der Waals surface area (Å²) < 4.78 is 10.7. The Bertz CT molecular complexity index is 487. The minimum atomic E-state index is 0.484. The lowest BCUT2D eigenvalue weighted by molar-refractivity contribution is 0.0974. The second-order valence-electron chi connectivity index (χ2n) is 5.58. The predicted octanol–water partition coefficient (Wildman–Crippen LogP) is 2.86. The predicted molar refractivity (Wildman–Crippen MR) is 81.1 cm³/mol. The number of nitrogens with zero attached hydrogens (tertiary/aromatic N) is 1. The molecule has 3 heterocycles. The molecule has 4 nitrogen and oxygen atoms in total. The number of methoxy groups -OCH3 is 2. The molecule has 3 aliphatic rings. The number of rotatable bonds is 4. The van der Waals surface area contributed by atoms with Gasteiger partial charge in [0.1, 0.15) is 11.5 Å². The van der Waals surface area contributed by atoms with Crippen molar-refractivity contribution in [2.45, 2.75) is 18.9 Å². The number of halogens is 1. The second kappa shape index (κ2) is 5.70. The highest BCUT2D eigenvalue weighted by molar-refractivity contribution is 6.32. The molecule has 2 bridgehead atoms. The molecule has 20 heavy (non-hydrogen) atoms. The molecule has 4 rings (SSSR count). The highest BCUT2D eigenvalue weighted by Gasteiger charge is 2.34. The second-order valence-corrected chi connectivity index (χ2v) is 5.98. The zero-order valence-electron chi connectivity index (χ0n) is 12.0. The van der Waals surface area contributed by atoms with E-state index < -0.39 is 0 Å². The maximum atomic E-state index is 6.15. The van der Waals surface area contributed by atoms with Gasteiger partial charge in [-0.25, -0.2) is 0 Å². The van der Waals surface area contributed by atoms with Crippen LogP contribution >= 0.6 is 11.6 Å². The summed E-state index contributed by atoms with van der Waals surface area (Å²) in [7, 11) is 3.30. The van der Waals surface area contributed by atoms with E-state index in [2.05, 4.69) is 10.2 Å². The van der Waals surface area contributed by atoms with Crippen LogP contribution in [-0.4, -0.2) is 44.8 Å². The molecule has 5 heteroatoms. The van der Waals surface area contributed by atoms with E-state index in [4.69, 9.17) is 21.1 Å². The van der Waals surface area contributed by atoms with E-state index in [1.54, 1.807) is 14.2 Å². The molecule has 0 aliphatic carbocycles. The van der Waals surface area contributed by atoms with Crippen LogP contribution in [0.25, 0.3) is 0 Å². The van der Waals surface area contributed by atoms with Crippen molar-refractivity contribution in [2.75, 3.05) is 39.2 Å². The van der Waals surface area contributed by atoms with Crippen LogP contribution in [0.1, 0.15) is 12.8 Å². The quantitative estimate of drug-likeness (QED) is 0.926. The van der Waals surface area contributed by atoms with Gasteiger partial charge in [0.05, 0.1) is 24.9 Å². The van der Waals surface area contributed by atoms with Gasteiger partial charge in [0.15, 0.2) is 0 Å². The van der Waals surface area contributed by atoms with Gasteiger partial charge in [-0.1, -0.05) is 11.6 Å². The number of hydrogen-bond acceptors (Lipinski definition) is 4. The fourth-order valence-electron chi connectivity index (χ4n) is 3.30. The lowest BCUT2D eigenvalue weighted by Crippen LogP contribution is -2.53. The van der Waals surface area contributed by atoms with Crippen LogP contribution in [0.4, 0.5) is 5.69 Å². The molecule has 1 aromatic rings. The summed E-state index contributed by atoms with van der Waals surface area (Å²) in [6.07, 6.45) is 2.56. The summed E-state index contributed by atoms with van der Waals surface area (Å²) in [4.78, 5) is 2.53. The molecule has 1 aromatic carbocycles. The number of nitrogens with one attached hydrogen (secondary N) is 1. The molecule has 0 saturated carbocycles. The van der Waals surface area contributed by atoms with Crippen molar-refractivity contribution in [1.29, 1.82) is 0 Å². The zero-order valence-corrected chi connectivity index (χ0v) is 12.7. The third kappa shape index (κ3) is 2.54. The molecule has 1 unspecified atom stereocenters. The van der Waals surface area contributed by atoms with Crippen molar-refractivity contribution in [3.8, 4) is 11.5 Å². The van der Waals surface area contributed by atoms with Crippen molar-refractivity contribution < 1.29 is 9.47 Å². The monoisotopic (exact) mass is 296 g/mol. The topological polar surface area (TPSA) is 33.7 Å². The normalized spacial score (nSPS) is 28.2. The summed E-state index contributed by atoms with van der Waals surface area (Å²) in [5.41, 5.74) is 0.965. The fourth-order valence-corrected chi connectivity index (χ4v) is 3.53. The van der Waals surface area contributed by atoms with Crippen molar-refractivity contribution >= 4 is 17.3 Å². The van der Waals surface area contributed by atoms with E-state index in [1.165, 1.54) is 25.9 Å². The number of fused-ring (bicyclic) bond motifs is 3. The molecular formula is C15H21ClN2O2. The average molecular weight is 297 g/mol. The highest BCUT2D eigenvalue weighted by atomic mass is 35.5. The maximum Gasteiger partial charge on any atom is 0.143 e. The van der Waals surface area contributed by atoms with Crippen LogP contribution < -0.4 is 14.8 Å². The van der Waals surface area contributed by atoms with Gasteiger partial charge >= 0.3 is 0 Å². The number of benzene rings is 1. The van der Waals surface area contributed by atoms with Gasteiger partial charge in [-0.15, -0.1) is 0 Å². The van der Waals surface area contributed by atoms with E-state index in [-0.39, 0.29) is 0 Å². The molecule has 0 spiro atoms. The van der Waals surface area contributed by atoms with E-state index >= 15 is 0 Å². The van der Waals surface area contributed by atoms with Crippen LogP contribution in [0, 0.1) is 5.92 Å². The van der Waals surface area contributed by atoms with Crippen LogP contribution in [-0.2, 0) is 0 Å². The van der Waals surface area contributed by atoms with E-state index in [9.17, 15) is 0 Å². The van der Waals surface area contributed by atoms with E-state index in [1.807, 2.05) is 12.1 Å². The Balaban J connectivity index is 1.82. The Morgan fingerprint density at radius 3 is 2.40 bits per heavy atom. The Morgan fingerprint density at radius 1 is 1.15 bits per heavy atom. The maximum absolute atomic E-state index is 6.15. The van der Waals surface area contributed by atoms with Crippen LogP contribution in [0.15, 0.2) is 12.1 Å². The molecule has 3 aliphatic heterocycles. The van der Waals surface area contributed by atoms with Gasteiger partial charge in [-0.2, -0.15) is 0 Å². The summed E-state index contributed by atoms with van der Waals surface area (Å²) >= 11 is 6.15. The highest BCUT2D eigenvalue weighted by Crippen LogP contribution is 2.38. The van der Waals surface area contributed by atoms with Gasteiger partial charge in [-0.05, 0) is 31.8 Å². The van der Waals surface area contributed by atoms with Gasteiger partial charge in [0.25, 0.3) is 0 Å². The van der Waals surface area contributed by atoms with E-state index in [0.29, 0.717) is 16.8 Å². The molecule has 3 fully saturated rings. The molecule has 0 radical (unpaired) electrons. The smallest absolute Gasteiger partial charge is 0.143 e. The Hall–Kier alpha value is -1.13. The van der Waals surface area contributed by atoms with Crippen molar-refractivity contribution in [2.24, 2.45) is 5.92 Å². The molecule has 1 atom stereocenters. The summed E-state index contributed by atoms with van der Waals surface area (Å²) in [6.45, 7) is 3.59. The summed E-state index contributed by atoms with van der Waals surface area (Å²) in [5, 5.41) is 4.20.